The smallest absolute Gasteiger partial charge is 0.342 e. The lowest BCUT2D eigenvalue weighted by atomic mass is 9.79. The van der Waals surface area contributed by atoms with Gasteiger partial charge in [0.25, 0.3) is 0 Å². The Morgan fingerprint density at radius 1 is 1.19 bits per heavy atom. The standard InChI is InChI=1S/C21H26N4O2/c26-19(17-14-21(17)9-4-10-21)24-11-7-15(8-12-24)13-18-22-23-20(27)25(18)16-5-2-1-3-6-16/h1-3,5-6,15,17H,4,7-14H2,(H,23,27)/t17-/m1/s1. The Hall–Kier alpha value is -2.37. The van der Waals surface area contributed by atoms with Gasteiger partial charge in [0.05, 0.1) is 5.69 Å². The third kappa shape index (κ3) is 2.91. The molecule has 1 atom stereocenters. The lowest BCUT2D eigenvalue weighted by Crippen LogP contribution is -2.41. The molecule has 1 aromatic heterocycles. The fourth-order valence-electron chi connectivity index (χ4n) is 5.03. The van der Waals surface area contributed by atoms with Crippen molar-refractivity contribution in [1.29, 1.82) is 0 Å². The summed E-state index contributed by atoms with van der Waals surface area (Å²) in [6, 6.07) is 9.64. The van der Waals surface area contributed by atoms with E-state index < -0.39 is 0 Å². The maximum absolute atomic E-state index is 12.7. The number of piperidine rings is 1. The predicted molar refractivity (Wildman–Crippen MR) is 102 cm³/mol. The minimum Gasteiger partial charge on any atom is -0.342 e. The van der Waals surface area contributed by atoms with Crippen LogP contribution in [0.2, 0.25) is 0 Å². The summed E-state index contributed by atoms with van der Waals surface area (Å²) in [5.74, 6) is 1.96. The monoisotopic (exact) mass is 366 g/mol. The van der Waals surface area contributed by atoms with Crippen LogP contribution in [0.3, 0.4) is 0 Å². The number of benzene rings is 1. The van der Waals surface area contributed by atoms with Crippen LogP contribution in [0.4, 0.5) is 0 Å². The van der Waals surface area contributed by atoms with Crippen LogP contribution < -0.4 is 5.69 Å². The number of aromatic amines is 1. The molecule has 2 aliphatic carbocycles. The van der Waals surface area contributed by atoms with Crippen molar-refractivity contribution >= 4 is 5.91 Å². The van der Waals surface area contributed by atoms with Crippen molar-refractivity contribution in [3.05, 3.63) is 46.6 Å². The van der Waals surface area contributed by atoms with E-state index in [0.717, 1.165) is 50.3 Å². The summed E-state index contributed by atoms with van der Waals surface area (Å²) in [7, 11) is 0. The summed E-state index contributed by atoms with van der Waals surface area (Å²) < 4.78 is 1.67. The first-order valence-corrected chi connectivity index (χ1v) is 10.2. The molecular weight excluding hydrogens is 340 g/mol. The van der Waals surface area contributed by atoms with Gasteiger partial charge < -0.3 is 4.90 Å². The van der Waals surface area contributed by atoms with E-state index in [2.05, 4.69) is 15.1 Å². The summed E-state index contributed by atoms with van der Waals surface area (Å²) in [5, 5.41) is 6.85. The average molecular weight is 366 g/mol. The first kappa shape index (κ1) is 16.8. The molecule has 1 aromatic carbocycles. The Kier molecular flexibility index (Phi) is 3.95. The molecule has 27 heavy (non-hydrogen) atoms. The van der Waals surface area contributed by atoms with Gasteiger partial charge in [-0.25, -0.2) is 14.5 Å². The number of hydrogen-bond acceptors (Lipinski definition) is 3. The van der Waals surface area contributed by atoms with Crippen LogP contribution in [0.1, 0.15) is 44.3 Å². The highest BCUT2D eigenvalue weighted by Gasteiger charge is 2.61. The van der Waals surface area contributed by atoms with E-state index in [1.54, 1.807) is 4.57 Å². The van der Waals surface area contributed by atoms with Crippen LogP contribution in [-0.2, 0) is 11.2 Å². The van der Waals surface area contributed by atoms with E-state index in [4.69, 9.17) is 0 Å². The fraction of sp³-hybridized carbons (Fsp3) is 0.571. The second-order valence-electron chi connectivity index (χ2n) is 8.56. The molecule has 3 aliphatic rings. The zero-order valence-electron chi connectivity index (χ0n) is 15.6. The van der Waals surface area contributed by atoms with E-state index >= 15 is 0 Å². The third-order valence-electron chi connectivity index (χ3n) is 6.99. The van der Waals surface area contributed by atoms with E-state index in [0.29, 0.717) is 23.2 Å². The average Bonchev–Trinajstić information content (AvgIpc) is 3.35. The van der Waals surface area contributed by atoms with Crippen LogP contribution >= 0.6 is 0 Å². The molecule has 6 nitrogen and oxygen atoms in total. The van der Waals surface area contributed by atoms with Gasteiger partial charge >= 0.3 is 5.69 Å². The van der Waals surface area contributed by atoms with Gasteiger partial charge in [0.15, 0.2) is 0 Å². The van der Waals surface area contributed by atoms with Crippen LogP contribution in [-0.4, -0.2) is 38.7 Å². The second-order valence-corrected chi connectivity index (χ2v) is 8.56. The van der Waals surface area contributed by atoms with Crippen molar-refractivity contribution in [2.75, 3.05) is 13.1 Å². The van der Waals surface area contributed by atoms with E-state index in [1.165, 1.54) is 19.3 Å². The van der Waals surface area contributed by atoms with Crippen LogP contribution in [0.25, 0.3) is 5.69 Å². The quantitative estimate of drug-likeness (QED) is 0.904. The SMILES string of the molecule is O=C([C@H]1CC12CCC2)N1CCC(Cc2n[nH]c(=O)n2-c2ccccc2)CC1. The molecule has 0 bridgehead atoms. The van der Waals surface area contributed by atoms with Gasteiger partial charge in [-0.2, -0.15) is 5.10 Å². The largest absolute Gasteiger partial charge is 0.347 e. The number of amides is 1. The molecule has 2 heterocycles. The van der Waals surface area contributed by atoms with Gasteiger partial charge in [-0.1, -0.05) is 24.6 Å². The molecular formula is C21H26N4O2. The highest BCUT2D eigenvalue weighted by molar-refractivity contribution is 5.83. The Labute approximate surface area is 158 Å². The van der Waals surface area contributed by atoms with Gasteiger partial charge in [-0.05, 0) is 55.6 Å². The Bertz CT molecular complexity index is 888. The maximum Gasteiger partial charge on any atom is 0.347 e. The number of likely N-dealkylation sites (tertiary alicyclic amines) is 1. The number of carbonyl (C=O) groups excluding carboxylic acids is 1. The molecule has 2 aromatic rings. The summed E-state index contributed by atoms with van der Waals surface area (Å²) >= 11 is 0. The van der Waals surface area contributed by atoms with Crippen molar-refractivity contribution in [2.45, 2.75) is 44.9 Å². The lowest BCUT2D eigenvalue weighted by molar-refractivity contribution is -0.135. The van der Waals surface area contributed by atoms with Gasteiger partial charge in [-0.15, -0.1) is 0 Å². The van der Waals surface area contributed by atoms with Crippen molar-refractivity contribution in [3.63, 3.8) is 0 Å². The van der Waals surface area contributed by atoms with Crippen LogP contribution in [0.15, 0.2) is 35.1 Å². The summed E-state index contributed by atoms with van der Waals surface area (Å²) in [6.45, 7) is 1.69. The normalized spacial score (nSPS) is 24.0. The van der Waals surface area contributed by atoms with Crippen LogP contribution in [0.5, 0.6) is 0 Å². The molecule has 1 saturated heterocycles. The Morgan fingerprint density at radius 2 is 1.93 bits per heavy atom. The molecule has 3 fully saturated rings. The van der Waals surface area contributed by atoms with Crippen molar-refractivity contribution in [3.8, 4) is 5.69 Å². The number of nitrogens with one attached hydrogen (secondary N) is 1. The number of aromatic nitrogens is 3. The van der Waals surface area contributed by atoms with Gasteiger partial charge in [-0.3, -0.25) is 4.79 Å². The van der Waals surface area contributed by atoms with E-state index in [1.807, 2.05) is 30.3 Å². The zero-order valence-corrected chi connectivity index (χ0v) is 15.6. The number of rotatable bonds is 4. The topological polar surface area (TPSA) is 71.0 Å². The minimum absolute atomic E-state index is 0.191. The molecule has 2 saturated carbocycles. The third-order valence-corrected chi connectivity index (χ3v) is 6.99. The minimum atomic E-state index is -0.191. The van der Waals surface area contributed by atoms with Crippen molar-refractivity contribution in [1.82, 2.24) is 19.7 Å². The molecule has 1 N–H and O–H groups in total. The van der Waals surface area contributed by atoms with Crippen molar-refractivity contribution < 1.29 is 4.79 Å². The Morgan fingerprint density at radius 3 is 2.56 bits per heavy atom. The van der Waals surface area contributed by atoms with E-state index in [-0.39, 0.29) is 5.69 Å². The van der Waals surface area contributed by atoms with Gasteiger partial charge in [0.2, 0.25) is 5.91 Å². The van der Waals surface area contributed by atoms with Crippen molar-refractivity contribution in [2.24, 2.45) is 17.3 Å². The van der Waals surface area contributed by atoms with Crippen LogP contribution in [0, 0.1) is 17.3 Å². The number of H-pyrrole nitrogens is 1. The molecule has 0 unspecified atom stereocenters. The zero-order chi connectivity index (χ0) is 18.4. The van der Waals surface area contributed by atoms with Gasteiger partial charge in [0.1, 0.15) is 5.82 Å². The number of hydrogen-bond donors (Lipinski definition) is 1. The second kappa shape index (κ2) is 6.36. The predicted octanol–water partition coefficient (Wildman–Crippen LogP) is 2.53. The summed E-state index contributed by atoms with van der Waals surface area (Å²) in [4.78, 5) is 27.0. The fourth-order valence-corrected chi connectivity index (χ4v) is 5.03. The molecule has 1 spiro atoms. The molecule has 5 rings (SSSR count). The first-order chi connectivity index (χ1) is 13.2. The summed E-state index contributed by atoms with van der Waals surface area (Å²) in [5.41, 5.74) is 1.07. The lowest BCUT2D eigenvalue weighted by Gasteiger charge is -2.34. The Balaban J connectivity index is 1.22. The first-order valence-electron chi connectivity index (χ1n) is 10.2. The molecule has 142 valence electrons. The highest BCUT2D eigenvalue weighted by atomic mass is 16.2. The number of nitrogens with zero attached hydrogens (tertiary/aromatic N) is 3. The number of para-hydroxylation sites is 1. The molecule has 6 heteroatoms. The van der Waals surface area contributed by atoms with E-state index in [9.17, 15) is 9.59 Å². The molecule has 0 radical (unpaired) electrons. The molecule has 1 amide bonds. The highest BCUT2D eigenvalue weighted by Crippen LogP contribution is 2.66. The maximum atomic E-state index is 12.7. The molecule has 1 aliphatic heterocycles. The van der Waals surface area contributed by atoms with Gasteiger partial charge in [0, 0.05) is 25.4 Å². The number of carbonyl (C=O) groups is 1. The summed E-state index contributed by atoms with van der Waals surface area (Å²) in [6.07, 6.45) is 7.69.